The maximum Gasteiger partial charge on any atom is 0.172 e. The van der Waals surface area contributed by atoms with Gasteiger partial charge in [-0.25, -0.2) is 0 Å². The molecule has 1 saturated heterocycles. The minimum atomic E-state index is 0.117. The van der Waals surface area contributed by atoms with Crippen molar-refractivity contribution in [2.24, 2.45) is 16.3 Å². The van der Waals surface area contributed by atoms with Crippen LogP contribution in [-0.2, 0) is 0 Å². The third-order valence-electron chi connectivity index (χ3n) is 3.36. The first-order valence-corrected chi connectivity index (χ1v) is 6.33. The molecule has 4 nitrogen and oxygen atoms in total. The number of amidine groups is 1. The number of nitrogens with two attached hydrogens (primary N) is 1. The molecule has 0 atom stereocenters. The molecule has 5 heteroatoms. The molecule has 2 rings (SSSR count). The lowest BCUT2D eigenvalue weighted by Gasteiger charge is -2.24. The Labute approximate surface area is 112 Å². The Balaban J connectivity index is 2.40. The molecule has 0 spiro atoms. The summed E-state index contributed by atoms with van der Waals surface area (Å²) in [5, 5.41) is 12.6. The zero-order valence-electron chi connectivity index (χ0n) is 10.7. The average Bonchev–Trinajstić information content (AvgIpc) is 2.68. The molecule has 18 heavy (non-hydrogen) atoms. The molecule has 0 radical (unpaired) electrons. The molecule has 0 aromatic heterocycles. The smallest absolute Gasteiger partial charge is 0.172 e. The monoisotopic (exact) mass is 267 g/mol. The highest BCUT2D eigenvalue weighted by atomic mass is 35.5. The van der Waals surface area contributed by atoms with E-state index in [-0.39, 0.29) is 11.3 Å². The third kappa shape index (κ3) is 2.53. The van der Waals surface area contributed by atoms with Crippen molar-refractivity contribution in [2.75, 3.05) is 18.0 Å². The summed E-state index contributed by atoms with van der Waals surface area (Å²) in [6, 6.07) is 5.41. The summed E-state index contributed by atoms with van der Waals surface area (Å²) in [7, 11) is 0. The highest BCUT2D eigenvalue weighted by Gasteiger charge is 2.30. The molecule has 98 valence electrons. The second-order valence-corrected chi connectivity index (χ2v) is 5.92. The van der Waals surface area contributed by atoms with Gasteiger partial charge in [-0.3, -0.25) is 0 Å². The number of anilines is 1. The average molecular weight is 268 g/mol. The van der Waals surface area contributed by atoms with Crippen LogP contribution in [-0.4, -0.2) is 24.1 Å². The molecule has 1 aromatic rings. The summed E-state index contributed by atoms with van der Waals surface area (Å²) in [5.74, 6) is 0.117. The minimum Gasteiger partial charge on any atom is -0.409 e. The van der Waals surface area contributed by atoms with Crippen LogP contribution in [0.1, 0.15) is 25.8 Å². The molecule has 0 bridgehead atoms. The number of halogens is 1. The summed E-state index contributed by atoms with van der Waals surface area (Å²) >= 11 is 6.04. The Morgan fingerprint density at radius 1 is 1.50 bits per heavy atom. The Morgan fingerprint density at radius 3 is 2.78 bits per heavy atom. The van der Waals surface area contributed by atoms with Crippen LogP contribution in [0.15, 0.2) is 23.4 Å². The molecule has 1 heterocycles. The molecule has 0 saturated carbocycles. The topological polar surface area (TPSA) is 61.8 Å². The number of rotatable bonds is 2. The van der Waals surface area contributed by atoms with Gasteiger partial charge in [0.05, 0.1) is 0 Å². The summed E-state index contributed by atoms with van der Waals surface area (Å²) < 4.78 is 0. The molecule has 0 amide bonds. The van der Waals surface area contributed by atoms with E-state index in [0.717, 1.165) is 30.8 Å². The fourth-order valence-electron chi connectivity index (χ4n) is 2.35. The second kappa shape index (κ2) is 4.69. The number of hydrogen-bond donors (Lipinski definition) is 2. The Kier molecular flexibility index (Phi) is 3.39. The molecule has 1 aromatic carbocycles. The van der Waals surface area contributed by atoms with E-state index in [1.165, 1.54) is 0 Å². The predicted molar refractivity (Wildman–Crippen MR) is 74.6 cm³/mol. The van der Waals surface area contributed by atoms with Gasteiger partial charge in [0.2, 0.25) is 0 Å². The van der Waals surface area contributed by atoms with E-state index < -0.39 is 0 Å². The predicted octanol–water partition coefficient (Wildman–Crippen LogP) is 2.67. The van der Waals surface area contributed by atoms with Crippen LogP contribution in [0.25, 0.3) is 0 Å². The first kappa shape index (κ1) is 13.0. The van der Waals surface area contributed by atoms with Gasteiger partial charge in [0.1, 0.15) is 0 Å². The van der Waals surface area contributed by atoms with Crippen LogP contribution < -0.4 is 10.6 Å². The van der Waals surface area contributed by atoms with Crippen LogP contribution >= 0.6 is 11.6 Å². The van der Waals surface area contributed by atoms with Crippen molar-refractivity contribution in [3.8, 4) is 0 Å². The van der Waals surface area contributed by atoms with Crippen molar-refractivity contribution >= 4 is 23.1 Å². The van der Waals surface area contributed by atoms with E-state index in [0.29, 0.717) is 5.02 Å². The Morgan fingerprint density at radius 2 is 2.22 bits per heavy atom. The van der Waals surface area contributed by atoms with Gasteiger partial charge in [0.25, 0.3) is 0 Å². The molecular formula is C13H18ClN3O. The van der Waals surface area contributed by atoms with Gasteiger partial charge in [-0.05, 0) is 30.0 Å². The molecule has 3 N–H and O–H groups in total. The van der Waals surface area contributed by atoms with Gasteiger partial charge in [-0.2, -0.15) is 0 Å². The standard InChI is InChI=1S/C13H18ClN3O/c1-13(2)5-6-17(8-13)11-7-9(14)3-4-10(11)12(15)16-18/h3-4,7,18H,5-6,8H2,1-2H3,(H2,15,16). The van der Waals surface area contributed by atoms with Gasteiger partial charge in [0.15, 0.2) is 5.84 Å². The van der Waals surface area contributed by atoms with Crippen LogP contribution in [0, 0.1) is 5.41 Å². The van der Waals surface area contributed by atoms with Crippen LogP contribution in [0.4, 0.5) is 5.69 Å². The highest BCUT2D eigenvalue weighted by molar-refractivity contribution is 6.31. The van der Waals surface area contributed by atoms with Crippen molar-refractivity contribution in [1.29, 1.82) is 0 Å². The highest BCUT2D eigenvalue weighted by Crippen LogP contribution is 2.35. The van der Waals surface area contributed by atoms with Crippen LogP contribution in [0.3, 0.4) is 0 Å². The van der Waals surface area contributed by atoms with E-state index >= 15 is 0 Å². The second-order valence-electron chi connectivity index (χ2n) is 5.48. The van der Waals surface area contributed by atoms with Crippen molar-refractivity contribution in [2.45, 2.75) is 20.3 Å². The molecule has 1 aliphatic rings. The lowest BCUT2D eigenvalue weighted by Crippen LogP contribution is -2.26. The fourth-order valence-corrected chi connectivity index (χ4v) is 2.52. The maximum atomic E-state index is 8.84. The number of oxime groups is 1. The lowest BCUT2D eigenvalue weighted by molar-refractivity contribution is 0.318. The quantitative estimate of drug-likeness (QED) is 0.375. The number of hydrogen-bond acceptors (Lipinski definition) is 3. The van der Waals surface area contributed by atoms with Gasteiger partial charge in [-0.1, -0.05) is 30.6 Å². The molecule has 1 fully saturated rings. The van der Waals surface area contributed by atoms with Gasteiger partial charge in [-0.15, -0.1) is 0 Å². The largest absolute Gasteiger partial charge is 0.409 e. The fraction of sp³-hybridized carbons (Fsp3) is 0.462. The van der Waals surface area contributed by atoms with Crippen molar-refractivity contribution < 1.29 is 5.21 Å². The number of nitrogens with zero attached hydrogens (tertiary/aromatic N) is 2. The summed E-state index contributed by atoms with van der Waals surface area (Å²) in [6.45, 7) is 6.37. The Bertz CT molecular complexity index is 485. The van der Waals surface area contributed by atoms with E-state index in [2.05, 4.69) is 23.9 Å². The first-order chi connectivity index (χ1) is 8.43. The molecule has 0 aliphatic carbocycles. The van der Waals surface area contributed by atoms with E-state index in [9.17, 15) is 0 Å². The summed E-state index contributed by atoms with van der Waals surface area (Å²) in [6.07, 6.45) is 1.12. The molecule has 1 aliphatic heterocycles. The lowest BCUT2D eigenvalue weighted by atomic mass is 9.93. The first-order valence-electron chi connectivity index (χ1n) is 5.95. The SMILES string of the molecule is CC1(C)CCN(c2cc(Cl)ccc2C(N)=NO)C1. The minimum absolute atomic E-state index is 0.117. The van der Waals surface area contributed by atoms with Crippen molar-refractivity contribution in [3.63, 3.8) is 0 Å². The van der Waals surface area contributed by atoms with Gasteiger partial charge >= 0.3 is 0 Å². The van der Waals surface area contributed by atoms with Crippen molar-refractivity contribution in [1.82, 2.24) is 0 Å². The molecular weight excluding hydrogens is 250 g/mol. The van der Waals surface area contributed by atoms with Crippen LogP contribution in [0.5, 0.6) is 0 Å². The van der Waals surface area contributed by atoms with Gasteiger partial charge < -0.3 is 15.8 Å². The van der Waals surface area contributed by atoms with E-state index in [4.69, 9.17) is 22.5 Å². The van der Waals surface area contributed by atoms with E-state index in [1.54, 1.807) is 12.1 Å². The normalized spacial score (nSPS) is 19.3. The van der Waals surface area contributed by atoms with Crippen molar-refractivity contribution in [3.05, 3.63) is 28.8 Å². The maximum absolute atomic E-state index is 8.84. The van der Waals surface area contributed by atoms with Crippen LogP contribution in [0.2, 0.25) is 5.02 Å². The third-order valence-corrected chi connectivity index (χ3v) is 3.60. The number of benzene rings is 1. The summed E-state index contributed by atoms with van der Waals surface area (Å²) in [5.41, 5.74) is 7.65. The Hall–Kier alpha value is -1.42. The zero-order valence-corrected chi connectivity index (χ0v) is 11.4. The molecule has 0 unspecified atom stereocenters. The summed E-state index contributed by atoms with van der Waals surface area (Å²) in [4.78, 5) is 2.24. The zero-order chi connectivity index (χ0) is 13.3. The van der Waals surface area contributed by atoms with E-state index in [1.807, 2.05) is 6.07 Å². The van der Waals surface area contributed by atoms with Gasteiger partial charge in [0, 0.05) is 29.4 Å².